The molecule has 1 heterocycles. The molecular weight excluding hydrogens is 544 g/mol. The van der Waals surface area contributed by atoms with Crippen LogP contribution < -0.4 is 0 Å². The van der Waals surface area contributed by atoms with Gasteiger partial charge in [-0.3, -0.25) is 0 Å². The monoisotopic (exact) mass is 578 g/mol. The molecule has 1 nitrogen and oxygen atoms in total. The minimum Gasteiger partial charge on any atom is -0.455 e. The standard InChI is InChI=1S/C44H28O/c1-3-15-29(16-4-1)31-19-7-8-20-33(31)41-34-21-9-11-23-36(34)42(37-24-12-10-22-35(37)41)39-28-27-32(30-17-5-2-6-18-30)44-43(39)38-25-13-14-26-40(38)45-44/h1-28H/i1D,2D,5D,6D,17D,18D. The van der Waals surface area contributed by atoms with Crippen LogP contribution in [0.2, 0.25) is 0 Å². The van der Waals surface area contributed by atoms with Crippen molar-refractivity contribution in [3.8, 4) is 44.5 Å². The van der Waals surface area contributed by atoms with Crippen molar-refractivity contribution >= 4 is 43.5 Å². The van der Waals surface area contributed by atoms with E-state index >= 15 is 0 Å². The van der Waals surface area contributed by atoms with Crippen molar-refractivity contribution in [2.45, 2.75) is 0 Å². The molecule has 0 radical (unpaired) electrons. The van der Waals surface area contributed by atoms with Gasteiger partial charge in [0.25, 0.3) is 0 Å². The minimum atomic E-state index is -0.431. The molecule has 0 aliphatic heterocycles. The molecular formula is C44H28O. The Hall–Kier alpha value is -5.92. The molecule has 9 aromatic rings. The molecule has 1 aromatic heterocycles. The Kier molecular flexibility index (Phi) is 4.63. The Balaban J connectivity index is 1.41. The molecule has 0 aliphatic rings. The molecule has 0 amide bonds. The highest BCUT2D eigenvalue weighted by molar-refractivity contribution is 6.27. The molecule has 0 atom stereocenters. The summed E-state index contributed by atoms with van der Waals surface area (Å²) in [5.41, 5.74) is 7.91. The van der Waals surface area contributed by atoms with E-state index in [0.29, 0.717) is 22.8 Å². The van der Waals surface area contributed by atoms with Crippen LogP contribution in [-0.4, -0.2) is 0 Å². The van der Waals surface area contributed by atoms with Gasteiger partial charge in [-0.15, -0.1) is 0 Å². The summed E-state index contributed by atoms with van der Waals surface area (Å²) in [6.45, 7) is 0. The molecule has 210 valence electrons. The van der Waals surface area contributed by atoms with E-state index in [9.17, 15) is 0 Å². The van der Waals surface area contributed by atoms with Crippen LogP contribution >= 0.6 is 0 Å². The van der Waals surface area contributed by atoms with Crippen molar-refractivity contribution < 1.29 is 12.6 Å². The summed E-state index contributed by atoms with van der Waals surface area (Å²) < 4.78 is 57.1. The van der Waals surface area contributed by atoms with Gasteiger partial charge in [-0.1, -0.05) is 158 Å². The lowest BCUT2D eigenvalue weighted by molar-refractivity contribution is 0.670. The molecule has 0 N–H and O–H groups in total. The third-order valence-electron chi connectivity index (χ3n) is 8.72. The van der Waals surface area contributed by atoms with Gasteiger partial charge in [-0.25, -0.2) is 0 Å². The molecule has 8 aromatic carbocycles. The van der Waals surface area contributed by atoms with Gasteiger partial charge >= 0.3 is 0 Å². The molecule has 0 fully saturated rings. The predicted octanol–water partition coefficient (Wildman–Crippen LogP) is 12.6. The quantitative estimate of drug-likeness (QED) is 0.189. The average molecular weight is 579 g/mol. The van der Waals surface area contributed by atoms with Crippen LogP contribution in [0.4, 0.5) is 0 Å². The van der Waals surface area contributed by atoms with Gasteiger partial charge in [0.1, 0.15) is 11.2 Å². The summed E-state index contributed by atoms with van der Waals surface area (Å²) in [7, 11) is 0. The number of hydrogen-bond acceptors (Lipinski definition) is 1. The maximum atomic E-state index is 8.79. The SMILES string of the molecule is [2H]c1ccc(-c2ccccc2-c2c3ccccc3c(-c3ccc(-c4c([2H])c([2H])c([2H])c([2H])c4[2H])c4oc5ccccc5c34)c3ccccc23)cc1. The molecule has 0 bridgehead atoms. The lowest BCUT2D eigenvalue weighted by Crippen LogP contribution is -1.93. The summed E-state index contributed by atoms with van der Waals surface area (Å²) in [4.78, 5) is 0. The first kappa shape index (κ1) is 20.1. The summed E-state index contributed by atoms with van der Waals surface area (Å²) in [6.07, 6.45) is 0. The second-order valence-electron chi connectivity index (χ2n) is 11.1. The average Bonchev–Trinajstić information content (AvgIpc) is 3.56. The van der Waals surface area contributed by atoms with E-state index in [1.54, 1.807) is 0 Å². The molecule has 0 aliphatic carbocycles. The number of rotatable bonds is 4. The Morgan fingerprint density at radius 2 is 0.911 bits per heavy atom. The minimum absolute atomic E-state index is 0.108. The molecule has 1 heteroatoms. The Labute approximate surface area is 270 Å². The largest absolute Gasteiger partial charge is 0.455 e. The van der Waals surface area contributed by atoms with E-state index in [2.05, 4.69) is 66.7 Å². The van der Waals surface area contributed by atoms with Crippen LogP contribution in [0.1, 0.15) is 8.22 Å². The lowest BCUT2D eigenvalue weighted by Gasteiger charge is -2.20. The first-order valence-corrected chi connectivity index (χ1v) is 14.9. The van der Waals surface area contributed by atoms with Crippen molar-refractivity contribution in [3.05, 3.63) is 170 Å². The Morgan fingerprint density at radius 1 is 0.378 bits per heavy atom. The fraction of sp³-hybridized carbons (Fsp3) is 0. The van der Waals surface area contributed by atoms with Crippen LogP contribution in [0, 0.1) is 0 Å². The van der Waals surface area contributed by atoms with Gasteiger partial charge in [-0.2, -0.15) is 0 Å². The van der Waals surface area contributed by atoms with Crippen molar-refractivity contribution in [1.82, 2.24) is 0 Å². The van der Waals surface area contributed by atoms with Gasteiger partial charge < -0.3 is 4.42 Å². The van der Waals surface area contributed by atoms with Crippen LogP contribution in [0.5, 0.6) is 0 Å². The molecule has 0 spiro atoms. The third-order valence-corrected chi connectivity index (χ3v) is 8.72. The van der Waals surface area contributed by atoms with Gasteiger partial charge in [0.2, 0.25) is 0 Å². The fourth-order valence-corrected chi connectivity index (χ4v) is 6.85. The van der Waals surface area contributed by atoms with Crippen LogP contribution in [0.3, 0.4) is 0 Å². The zero-order valence-electron chi connectivity index (χ0n) is 30.1. The first-order chi connectivity index (χ1) is 24.8. The van der Waals surface area contributed by atoms with E-state index in [-0.39, 0.29) is 29.7 Å². The summed E-state index contributed by atoms with van der Waals surface area (Å²) in [5, 5.41) is 5.93. The first-order valence-electron chi connectivity index (χ1n) is 17.9. The van der Waals surface area contributed by atoms with Crippen LogP contribution in [0.25, 0.3) is 88.0 Å². The highest BCUT2D eigenvalue weighted by atomic mass is 16.3. The van der Waals surface area contributed by atoms with E-state index in [1.807, 2.05) is 66.7 Å². The maximum absolute atomic E-state index is 8.79. The topological polar surface area (TPSA) is 13.1 Å². The molecule has 9 rings (SSSR count). The van der Waals surface area contributed by atoms with E-state index in [1.165, 1.54) is 0 Å². The number of fused-ring (bicyclic) bond motifs is 5. The number of furan rings is 1. The van der Waals surface area contributed by atoms with E-state index < -0.39 is 6.04 Å². The smallest absolute Gasteiger partial charge is 0.143 e. The van der Waals surface area contributed by atoms with Gasteiger partial charge in [0, 0.05) is 16.3 Å². The van der Waals surface area contributed by atoms with Gasteiger partial charge in [-0.05, 0) is 72.6 Å². The molecule has 45 heavy (non-hydrogen) atoms. The van der Waals surface area contributed by atoms with Gasteiger partial charge in [0.15, 0.2) is 0 Å². The van der Waals surface area contributed by atoms with Gasteiger partial charge in [0.05, 0.1) is 8.22 Å². The molecule has 0 saturated carbocycles. The summed E-state index contributed by atoms with van der Waals surface area (Å²) >= 11 is 0. The lowest BCUT2D eigenvalue weighted by atomic mass is 9.83. The zero-order valence-corrected chi connectivity index (χ0v) is 24.1. The highest BCUT2D eigenvalue weighted by Crippen LogP contribution is 2.49. The highest BCUT2D eigenvalue weighted by Gasteiger charge is 2.22. The predicted molar refractivity (Wildman–Crippen MR) is 190 cm³/mol. The number of benzene rings is 8. The van der Waals surface area contributed by atoms with Crippen LogP contribution in [-0.2, 0) is 0 Å². The normalized spacial score (nSPS) is 13.4. The molecule has 0 unspecified atom stereocenters. The Morgan fingerprint density at radius 3 is 1.58 bits per heavy atom. The summed E-state index contributed by atoms with van der Waals surface area (Å²) in [5.74, 6) is 0. The molecule has 0 saturated heterocycles. The van der Waals surface area contributed by atoms with Crippen LogP contribution in [0.15, 0.2) is 174 Å². The second kappa shape index (κ2) is 10.4. The maximum Gasteiger partial charge on any atom is 0.143 e. The second-order valence-corrected chi connectivity index (χ2v) is 11.1. The Bertz CT molecular complexity index is 2790. The van der Waals surface area contributed by atoms with E-state index in [0.717, 1.165) is 65.7 Å². The van der Waals surface area contributed by atoms with Crippen molar-refractivity contribution in [3.63, 3.8) is 0 Å². The third kappa shape index (κ3) is 4.02. The summed E-state index contributed by atoms with van der Waals surface area (Å²) in [6, 6.07) is 43.2. The number of hydrogen-bond donors (Lipinski definition) is 0. The number of para-hydroxylation sites is 1. The van der Waals surface area contributed by atoms with E-state index in [4.69, 9.17) is 12.6 Å². The van der Waals surface area contributed by atoms with Crippen molar-refractivity contribution in [1.29, 1.82) is 0 Å². The fourth-order valence-electron chi connectivity index (χ4n) is 6.85. The van der Waals surface area contributed by atoms with Crippen molar-refractivity contribution in [2.75, 3.05) is 0 Å². The van der Waals surface area contributed by atoms with Crippen molar-refractivity contribution in [2.24, 2.45) is 0 Å². The zero-order chi connectivity index (χ0) is 35.0.